The highest BCUT2D eigenvalue weighted by Crippen LogP contribution is 2.32. The van der Waals surface area contributed by atoms with Crippen LogP contribution >= 0.6 is 12.2 Å². The van der Waals surface area contributed by atoms with Crippen molar-refractivity contribution in [3.05, 3.63) is 0 Å². The Morgan fingerprint density at radius 1 is 0.889 bits per heavy atom. The lowest BCUT2D eigenvalue weighted by atomic mass is 9.99. The predicted molar refractivity (Wildman–Crippen MR) is 120 cm³/mol. The molecule has 0 unspecified atom stereocenters. The quantitative estimate of drug-likeness (QED) is 0.379. The molecule has 0 spiro atoms. The van der Waals surface area contributed by atoms with Crippen LogP contribution in [-0.4, -0.2) is 72.4 Å². The highest BCUT2D eigenvalue weighted by Gasteiger charge is 2.50. The van der Waals surface area contributed by atoms with Crippen molar-refractivity contribution in [3.8, 4) is 0 Å². The molecule has 1 heterocycles. The molecule has 0 radical (unpaired) electrons. The molecular weight excluding hydrogens is 417 g/mol. The minimum absolute atomic E-state index is 0.183. The third kappa shape index (κ3) is 9.45. The normalized spacial score (nSPS) is 30.2. The average Bonchev–Trinajstić information content (AvgIpc) is 2.40. The van der Waals surface area contributed by atoms with E-state index in [1.165, 1.54) is 0 Å². The van der Waals surface area contributed by atoms with Crippen molar-refractivity contribution in [2.45, 2.75) is 89.6 Å². The maximum Gasteiger partial charge on any atom is 0.184 e. The molecule has 0 saturated carbocycles. The molecule has 160 valence electrons. The van der Waals surface area contributed by atoms with Crippen molar-refractivity contribution in [1.29, 1.82) is 0 Å². The summed E-state index contributed by atoms with van der Waals surface area (Å²) in [7, 11) is -5.84. The summed E-state index contributed by atoms with van der Waals surface area (Å²) in [5.74, 6) is 0. The fourth-order valence-corrected chi connectivity index (χ4v) is 6.22. The molecular formula is C16H38N2O5SSi3. The molecule has 0 aromatic rings. The Balaban J connectivity index is 3.25. The topological polar surface area (TPSA) is 95.2 Å². The minimum Gasteiger partial charge on any atom is -0.409 e. The van der Waals surface area contributed by atoms with Crippen molar-refractivity contribution >= 4 is 42.3 Å². The second kappa shape index (κ2) is 9.30. The molecule has 1 fully saturated rings. The van der Waals surface area contributed by atoms with E-state index in [1.807, 2.05) is 0 Å². The second-order valence-electron chi connectivity index (χ2n) is 9.89. The summed E-state index contributed by atoms with van der Waals surface area (Å²) in [5.41, 5.74) is 5.59. The van der Waals surface area contributed by atoms with Crippen LogP contribution in [0.5, 0.6) is 0 Å². The Hall–Kier alpha value is 0.141. The van der Waals surface area contributed by atoms with Gasteiger partial charge in [0.25, 0.3) is 0 Å². The van der Waals surface area contributed by atoms with Crippen LogP contribution in [0.2, 0.25) is 58.9 Å². The van der Waals surface area contributed by atoms with Crippen LogP contribution in [0.4, 0.5) is 0 Å². The molecule has 27 heavy (non-hydrogen) atoms. The Labute approximate surface area is 172 Å². The van der Waals surface area contributed by atoms with Gasteiger partial charge in [-0.2, -0.15) is 0 Å². The zero-order chi connectivity index (χ0) is 21.2. The van der Waals surface area contributed by atoms with Gasteiger partial charge in [-0.05, 0) is 71.1 Å². The molecule has 0 aromatic heterocycles. The van der Waals surface area contributed by atoms with E-state index in [0.717, 1.165) is 0 Å². The molecule has 1 aliphatic heterocycles. The number of aliphatic hydroxyl groups is 1. The lowest BCUT2D eigenvalue weighted by Crippen LogP contribution is -2.66. The molecule has 5 atom stereocenters. The number of rotatable bonds is 8. The van der Waals surface area contributed by atoms with Gasteiger partial charge >= 0.3 is 0 Å². The smallest absolute Gasteiger partial charge is 0.184 e. The van der Waals surface area contributed by atoms with Gasteiger partial charge in [0.05, 0.1) is 0 Å². The molecule has 0 aliphatic carbocycles. The first-order valence-corrected chi connectivity index (χ1v) is 20.0. The van der Waals surface area contributed by atoms with Gasteiger partial charge < -0.3 is 34.2 Å². The third-order valence-electron chi connectivity index (χ3n) is 3.56. The lowest BCUT2D eigenvalue weighted by molar-refractivity contribution is -0.268. The highest BCUT2D eigenvalue weighted by molar-refractivity contribution is 7.80. The number of aliphatic hydroxyl groups excluding tert-OH is 1. The average molecular weight is 455 g/mol. The fourth-order valence-electron chi connectivity index (χ4n) is 2.89. The Bertz CT molecular complexity index is 508. The van der Waals surface area contributed by atoms with Gasteiger partial charge in [-0.1, -0.05) is 0 Å². The molecule has 0 aromatic carbocycles. The van der Waals surface area contributed by atoms with E-state index in [-0.39, 0.29) is 11.2 Å². The zero-order valence-corrected chi connectivity index (χ0v) is 22.0. The first-order valence-electron chi connectivity index (χ1n) is 9.39. The molecule has 0 bridgehead atoms. The number of hydrogen-bond acceptors (Lipinski definition) is 6. The summed E-state index contributed by atoms with van der Waals surface area (Å²) >= 11 is 4.93. The standard InChI is InChI=1S/C16H38N2O5SSi3/c1-25(2,3)21-12-11(10-18-16(17)24)20-15(19)14(23-27(7,8)9)13(12)22-26(4,5)6/h11-15,19H,10H2,1-9H3,(H3,17,18,24)/t11-,12-,13+,14-,15+/m1/s1. The number of ether oxygens (including phenoxy) is 1. The summed E-state index contributed by atoms with van der Waals surface area (Å²) in [6, 6.07) is 0. The number of nitrogens with one attached hydrogen (secondary N) is 1. The first-order chi connectivity index (χ1) is 12.0. The van der Waals surface area contributed by atoms with Gasteiger partial charge in [-0.25, -0.2) is 0 Å². The molecule has 1 saturated heterocycles. The number of nitrogens with two attached hydrogens (primary N) is 1. The van der Waals surface area contributed by atoms with E-state index in [9.17, 15) is 5.11 Å². The third-order valence-corrected chi connectivity index (χ3v) is 6.64. The first kappa shape index (κ1) is 25.2. The van der Waals surface area contributed by atoms with E-state index in [2.05, 4.69) is 64.2 Å². The monoisotopic (exact) mass is 454 g/mol. The zero-order valence-electron chi connectivity index (χ0n) is 18.2. The lowest BCUT2D eigenvalue weighted by Gasteiger charge is -2.49. The maximum absolute atomic E-state index is 10.7. The summed E-state index contributed by atoms with van der Waals surface area (Å²) in [6.45, 7) is 19.3. The van der Waals surface area contributed by atoms with Crippen LogP contribution < -0.4 is 11.1 Å². The Kier molecular flexibility index (Phi) is 8.68. The van der Waals surface area contributed by atoms with Crippen molar-refractivity contribution < 1.29 is 23.1 Å². The van der Waals surface area contributed by atoms with Crippen molar-refractivity contribution in [3.63, 3.8) is 0 Å². The van der Waals surface area contributed by atoms with Crippen molar-refractivity contribution in [2.75, 3.05) is 6.54 Å². The molecule has 0 amide bonds. The Morgan fingerprint density at radius 3 is 1.70 bits per heavy atom. The largest absolute Gasteiger partial charge is 0.409 e. The highest BCUT2D eigenvalue weighted by atomic mass is 32.1. The molecule has 1 aliphatic rings. The van der Waals surface area contributed by atoms with Gasteiger partial charge in [0.2, 0.25) is 0 Å². The fraction of sp³-hybridized carbons (Fsp3) is 0.938. The van der Waals surface area contributed by atoms with E-state index < -0.39 is 49.6 Å². The summed E-state index contributed by atoms with van der Waals surface area (Å²) in [6.07, 6.45) is -2.94. The van der Waals surface area contributed by atoms with E-state index in [0.29, 0.717) is 6.54 Å². The molecule has 1 rings (SSSR count). The molecule has 11 heteroatoms. The minimum atomic E-state index is -1.96. The van der Waals surface area contributed by atoms with Crippen LogP contribution in [0.1, 0.15) is 0 Å². The summed E-state index contributed by atoms with van der Waals surface area (Å²) < 4.78 is 25.2. The van der Waals surface area contributed by atoms with Crippen molar-refractivity contribution in [1.82, 2.24) is 5.32 Å². The predicted octanol–water partition coefficient (Wildman–Crippen LogP) is 2.20. The molecule has 7 nitrogen and oxygen atoms in total. The van der Waals surface area contributed by atoms with Crippen LogP contribution in [0.15, 0.2) is 0 Å². The van der Waals surface area contributed by atoms with Crippen LogP contribution in [0, 0.1) is 0 Å². The second-order valence-corrected chi connectivity index (χ2v) is 23.7. The summed E-state index contributed by atoms with van der Waals surface area (Å²) in [4.78, 5) is 0. The van der Waals surface area contributed by atoms with E-state index >= 15 is 0 Å². The molecule has 4 N–H and O–H groups in total. The SMILES string of the molecule is C[Si](C)(C)O[C@@H]1[C@@H](O[Si](C)(C)C)[C@@H](O)O[C@H](CNC(N)=S)[C@H]1O[Si](C)(C)C. The maximum atomic E-state index is 10.7. The van der Waals surface area contributed by atoms with Gasteiger partial charge in [0, 0.05) is 6.54 Å². The van der Waals surface area contributed by atoms with Gasteiger partial charge in [-0.3, -0.25) is 0 Å². The Morgan fingerprint density at radius 2 is 1.30 bits per heavy atom. The number of hydrogen-bond donors (Lipinski definition) is 3. The van der Waals surface area contributed by atoms with Gasteiger partial charge in [0.1, 0.15) is 24.4 Å². The van der Waals surface area contributed by atoms with E-state index in [4.69, 9.17) is 36.0 Å². The van der Waals surface area contributed by atoms with Gasteiger partial charge in [0.15, 0.2) is 36.4 Å². The van der Waals surface area contributed by atoms with Crippen LogP contribution in [-0.2, 0) is 18.0 Å². The van der Waals surface area contributed by atoms with E-state index in [1.54, 1.807) is 0 Å². The summed E-state index contributed by atoms with van der Waals surface area (Å²) in [5, 5.41) is 13.8. The van der Waals surface area contributed by atoms with Crippen LogP contribution in [0.25, 0.3) is 0 Å². The van der Waals surface area contributed by atoms with Crippen LogP contribution in [0.3, 0.4) is 0 Å². The van der Waals surface area contributed by atoms with Gasteiger partial charge in [-0.15, -0.1) is 0 Å². The number of thiocarbonyl (C=S) groups is 1. The van der Waals surface area contributed by atoms with Crippen molar-refractivity contribution in [2.24, 2.45) is 5.73 Å².